The summed E-state index contributed by atoms with van der Waals surface area (Å²) in [5.74, 6) is 1.13. The van der Waals surface area contributed by atoms with Crippen molar-refractivity contribution >= 4 is 5.91 Å². The summed E-state index contributed by atoms with van der Waals surface area (Å²) in [6.07, 6.45) is 11.5. The van der Waals surface area contributed by atoms with E-state index in [1.807, 2.05) is 43.3 Å². The molecule has 4 nitrogen and oxygen atoms in total. The second-order valence-corrected chi connectivity index (χ2v) is 8.54. The lowest BCUT2D eigenvalue weighted by atomic mass is 9.64. The third-order valence-corrected chi connectivity index (χ3v) is 6.99. The van der Waals surface area contributed by atoms with Gasteiger partial charge in [0.25, 0.3) is 5.82 Å². The van der Waals surface area contributed by atoms with Crippen LogP contribution in [0, 0.1) is 12.8 Å². The number of benzene rings is 2. The lowest BCUT2D eigenvalue weighted by Crippen LogP contribution is -2.47. The summed E-state index contributed by atoms with van der Waals surface area (Å²) in [5.41, 5.74) is 7.40. The molecule has 0 saturated heterocycles. The molecule has 4 rings (SSSR count). The lowest BCUT2D eigenvalue weighted by molar-refractivity contribution is -0.692. The van der Waals surface area contributed by atoms with Crippen LogP contribution >= 0.6 is 0 Å². The number of hydrogen-bond donors (Lipinski definition) is 1. The first kappa shape index (κ1) is 21.1. The Hall–Kier alpha value is -3.14. The second kappa shape index (κ2) is 8.93. The Morgan fingerprint density at radius 1 is 1.10 bits per heavy atom. The van der Waals surface area contributed by atoms with Gasteiger partial charge in [-0.25, -0.2) is 9.13 Å². The van der Waals surface area contributed by atoms with E-state index in [9.17, 15) is 4.79 Å². The maximum absolute atomic E-state index is 13.2. The Labute approximate surface area is 185 Å². The van der Waals surface area contributed by atoms with Gasteiger partial charge in [0.05, 0.1) is 0 Å². The molecular formula is C27H32N3O+. The van der Waals surface area contributed by atoms with E-state index in [4.69, 9.17) is 5.73 Å². The summed E-state index contributed by atoms with van der Waals surface area (Å²) in [5, 5.41) is 0. The highest BCUT2D eigenvalue weighted by atomic mass is 16.1. The summed E-state index contributed by atoms with van der Waals surface area (Å²) < 4.78 is 4.65. The average Bonchev–Trinajstić information content (AvgIpc) is 3.41. The minimum absolute atomic E-state index is 0.144. The molecule has 0 aliphatic heterocycles. The molecule has 4 heteroatoms. The van der Waals surface area contributed by atoms with E-state index >= 15 is 0 Å². The molecular weight excluding hydrogens is 382 g/mol. The maximum atomic E-state index is 13.2. The van der Waals surface area contributed by atoms with E-state index in [2.05, 4.69) is 64.9 Å². The highest BCUT2D eigenvalue weighted by molar-refractivity contribution is 5.91. The van der Waals surface area contributed by atoms with E-state index in [-0.39, 0.29) is 11.8 Å². The van der Waals surface area contributed by atoms with Gasteiger partial charge in [0.15, 0.2) is 0 Å². The predicted octanol–water partition coefficient (Wildman–Crippen LogP) is 4.47. The Kier molecular flexibility index (Phi) is 6.08. The number of amides is 1. The van der Waals surface area contributed by atoms with Gasteiger partial charge in [-0.3, -0.25) is 4.79 Å². The first-order chi connectivity index (χ1) is 15.1. The number of primary amides is 1. The fourth-order valence-corrected chi connectivity index (χ4v) is 5.44. The van der Waals surface area contributed by atoms with Crippen molar-refractivity contribution in [2.45, 2.75) is 51.1 Å². The Morgan fingerprint density at radius 3 is 2.26 bits per heavy atom. The largest absolute Gasteiger partial charge is 0.369 e. The third-order valence-electron chi connectivity index (χ3n) is 6.99. The van der Waals surface area contributed by atoms with Crippen molar-refractivity contribution in [3.05, 3.63) is 102 Å². The number of hydrogen-bond acceptors (Lipinski definition) is 1. The molecule has 1 aliphatic rings. The van der Waals surface area contributed by atoms with Crippen LogP contribution in [0.1, 0.15) is 49.2 Å². The van der Waals surface area contributed by atoms with Crippen molar-refractivity contribution in [3.63, 3.8) is 0 Å². The molecule has 1 aromatic heterocycles. The minimum atomic E-state index is -0.820. The van der Waals surface area contributed by atoms with Crippen LogP contribution in [0.5, 0.6) is 0 Å². The number of nitrogens with zero attached hydrogens (tertiary/aromatic N) is 2. The van der Waals surface area contributed by atoms with Gasteiger partial charge in [-0.2, -0.15) is 0 Å². The number of nitrogens with two attached hydrogens (primary N) is 1. The van der Waals surface area contributed by atoms with E-state index in [1.165, 1.54) is 5.82 Å². The monoisotopic (exact) mass is 414 g/mol. The fraction of sp³-hybridized carbons (Fsp3) is 0.333. The number of allylic oxidation sites excluding steroid dienone is 2. The van der Waals surface area contributed by atoms with Gasteiger partial charge in [-0.05, 0) is 49.3 Å². The van der Waals surface area contributed by atoms with Gasteiger partial charge in [-0.15, -0.1) is 0 Å². The SMILES string of the molecule is C/C=C/C[n+]1ccn([C@H]2CC[C@@H](C(C(N)=O)(c3ccccc3)c3ccccc3)C2)c1C. The van der Waals surface area contributed by atoms with Crippen LogP contribution in [0.4, 0.5) is 0 Å². The highest BCUT2D eigenvalue weighted by Crippen LogP contribution is 2.49. The molecule has 31 heavy (non-hydrogen) atoms. The Morgan fingerprint density at radius 2 is 1.71 bits per heavy atom. The van der Waals surface area contributed by atoms with E-state index in [0.717, 1.165) is 36.9 Å². The molecule has 0 bridgehead atoms. The fourth-order valence-electron chi connectivity index (χ4n) is 5.44. The highest BCUT2D eigenvalue weighted by Gasteiger charge is 2.51. The van der Waals surface area contributed by atoms with Gasteiger partial charge in [0.1, 0.15) is 30.4 Å². The second-order valence-electron chi connectivity index (χ2n) is 8.54. The topological polar surface area (TPSA) is 51.9 Å². The summed E-state index contributed by atoms with van der Waals surface area (Å²) >= 11 is 0. The number of aromatic nitrogens is 2. The standard InChI is InChI=1S/C27H31N3O/c1-3-4-17-29-18-19-30(21(29)2)25-16-15-24(20-25)27(26(28)31,22-11-7-5-8-12-22)23-13-9-6-10-14-23/h3-14,18-19,24-25H,15-17,20H2,1-2H3,(H-,28,31)/p+1/b4-3+/t24-,25+/m1/s1. The van der Waals surface area contributed by atoms with Gasteiger partial charge < -0.3 is 5.73 Å². The minimum Gasteiger partial charge on any atom is -0.369 e. The molecule has 2 N–H and O–H groups in total. The predicted molar refractivity (Wildman–Crippen MR) is 123 cm³/mol. The summed E-state index contributed by atoms with van der Waals surface area (Å²) in [6, 6.07) is 20.6. The van der Waals surface area contributed by atoms with Crippen LogP contribution in [-0.4, -0.2) is 10.5 Å². The van der Waals surface area contributed by atoms with Crippen LogP contribution in [-0.2, 0) is 16.8 Å². The molecule has 0 radical (unpaired) electrons. The molecule has 0 unspecified atom stereocenters. The lowest BCUT2D eigenvalue weighted by Gasteiger charge is -2.37. The normalized spacial score (nSPS) is 19.2. The van der Waals surface area contributed by atoms with Gasteiger partial charge in [0.2, 0.25) is 5.91 Å². The van der Waals surface area contributed by atoms with Crippen molar-refractivity contribution in [2.75, 3.05) is 0 Å². The van der Waals surface area contributed by atoms with Crippen LogP contribution in [0.2, 0.25) is 0 Å². The zero-order valence-electron chi connectivity index (χ0n) is 18.4. The maximum Gasteiger partial charge on any atom is 0.253 e. The molecule has 160 valence electrons. The molecule has 0 spiro atoms. The molecule has 2 atom stereocenters. The van der Waals surface area contributed by atoms with Crippen LogP contribution in [0.15, 0.2) is 85.2 Å². The molecule has 1 fully saturated rings. The van der Waals surface area contributed by atoms with Gasteiger partial charge in [-0.1, -0.05) is 66.7 Å². The summed E-state index contributed by atoms with van der Waals surface area (Å²) in [7, 11) is 0. The molecule has 3 aromatic rings. The van der Waals surface area contributed by atoms with Gasteiger partial charge in [0, 0.05) is 6.92 Å². The smallest absolute Gasteiger partial charge is 0.253 e. The van der Waals surface area contributed by atoms with Crippen molar-refractivity contribution in [3.8, 4) is 0 Å². The average molecular weight is 415 g/mol. The zero-order chi connectivity index (χ0) is 21.8. The van der Waals surface area contributed by atoms with Crippen LogP contribution in [0.25, 0.3) is 0 Å². The number of rotatable bonds is 7. The Balaban J connectivity index is 1.73. The van der Waals surface area contributed by atoms with Crippen LogP contribution in [0.3, 0.4) is 0 Å². The van der Waals surface area contributed by atoms with E-state index < -0.39 is 5.41 Å². The molecule has 1 aliphatic carbocycles. The van der Waals surface area contributed by atoms with Crippen LogP contribution < -0.4 is 10.3 Å². The van der Waals surface area contributed by atoms with E-state index in [0.29, 0.717) is 6.04 Å². The summed E-state index contributed by atoms with van der Waals surface area (Å²) in [6.45, 7) is 5.10. The number of carbonyl (C=O) groups is 1. The van der Waals surface area contributed by atoms with Crippen molar-refractivity contribution in [1.82, 2.24) is 4.57 Å². The molecule has 2 aromatic carbocycles. The third kappa shape index (κ3) is 3.71. The summed E-state index contributed by atoms with van der Waals surface area (Å²) in [4.78, 5) is 13.2. The Bertz CT molecular complexity index is 1010. The molecule has 1 heterocycles. The number of carbonyl (C=O) groups excluding carboxylic acids is 1. The van der Waals surface area contributed by atoms with Gasteiger partial charge >= 0.3 is 0 Å². The number of imidazole rings is 1. The quantitative estimate of drug-likeness (QED) is 0.450. The first-order valence-corrected chi connectivity index (χ1v) is 11.2. The van der Waals surface area contributed by atoms with Crippen molar-refractivity contribution in [1.29, 1.82) is 0 Å². The molecule has 1 amide bonds. The van der Waals surface area contributed by atoms with Crippen molar-refractivity contribution < 1.29 is 9.36 Å². The molecule has 1 saturated carbocycles. The van der Waals surface area contributed by atoms with Crippen molar-refractivity contribution in [2.24, 2.45) is 11.7 Å². The zero-order valence-corrected chi connectivity index (χ0v) is 18.4. The van der Waals surface area contributed by atoms with E-state index in [1.54, 1.807) is 0 Å². The first-order valence-electron chi connectivity index (χ1n) is 11.2.